The van der Waals surface area contributed by atoms with Crippen molar-refractivity contribution in [2.75, 3.05) is 25.3 Å². The van der Waals surface area contributed by atoms with Gasteiger partial charge in [-0.25, -0.2) is 9.36 Å². The van der Waals surface area contributed by atoms with Gasteiger partial charge in [0.05, 0.1) is 25.6 Å². The lowest BCUT2D eigenvalue weighted by Crippen LogP contribution is -2.42. The van der Waals surface area contributed by atoms with Crippen LogP contribution in [-0.2, 0) is 22.6 Å². The minimum Gasteiger partial charge on any atom is -0.497 e. The molecule has 2 heterocycles. The summed E-state index contributed by atoms with van der Waals surface area (Å²) in [6.45, 7) is 3.17. The molecule has 4 aromatic rings. The number of ether oxygens (including phenoxy) is 2. The minimum atomic E-state index is -0.678. The first-order valence-electron chi connectivity index (χ1n) is 11.8. The summed E-state index contributed by atoms with van der Waals surface area (Å²) < 4.78 is 12.5. The van der Waals surface area contributed by atoms with Crippen molar-refractivity contribution in [3.63, 3.8) is 0 Å². The molecule has 0 aliphatic carbocycles. The van der Waals surface area contributed by atoms with Crippen LogP contribution in [0, 0.1) is 6.92 Å². The molecule has 0 spiro atoms. The molecule has 2 aromatic carbocycles. The zero-order valence-electron chi connectivity index (χ0n) is 21.4. The number of thiophene rings is 1. The van der Waals surface area contributed by atoms with Gasteiger partial charge in [-0.2, -0.15) is 0 Å². The number of nitrogens with one attached hydrogen (secondary N) is 1. The summed E-state index contributed by atoms with van der Waals surface area (Å²) in [5.74, 6) is -0.421. The number of fused-ring (bicyclic) bond motifs is 1. The van der Waals surface area contributed by atoms with Gasteiger partial charge in [0.15, 0.2) is 0 Å². The number of methoxy groups -OCH3 is 1. The number of carbonyl (C=O) groups is 2. The number of rotatable bonds is 9. The van der Waals surface area contributed by atoms with Crippen LogP contribution < -0.4 is 21.3 Å². The smallest absolute Gasteiger partial charge is 0.332 e. The number of aromatic nitrogens is 2. The number of carbonyl (C=O) groups excluding carboxylic acids is 2. The molecule has 198 valence electrons. The van der Waals surface area contributed by atoms with Crippen molar-refractivity contribution in [1.29, 1.82) is 0 Å². The van der Waals surface area contributed by atoms with Gasteiger partial charge in [0, 0.05) is 10.5 Å². The van der Waals surface area contributed by atoms with Gasteiger partial charge < -0.3 is 14.8 Å². The summed E-state index contributed by atoms with van der Waals surface area (Å²) in [4.78, 5) is 53.7. The lowest BCUT2D eigenvalue weighted by atomic mass is 10.2. The molecular weight excluding hydrogens is 526 g/mol. The van der Waals surface area contributed by atoms with Crippen molar-refractivity contribution in [3.05, 3.63) is 86.1 Å². The molecular formula is C27H27N3O6S2. The van der Waals surface area contributed by atoms with Gasteiger partial charge in [-0.15, -0.1) is 11.8 Å². The first-order chi connectivity index (χ1) is 18.3. The molecule has 0 aliphatic rings. The molecule has 0 bridgehead atoms. The first kappa shape index (κ1) is 27.2. The maximum atomic E-state index is 13.6. The van der Waals surface area contributed by atoms with E-state index in [1.807, 2.05) is 30.5 Å². The van der Waals surface area contributed by atoms with E-state index in [2.05, 4.69) is 5.32 Å². The average Bonchev–Trinajstić information content (AvgIpc) is 3.24. The second kappa shape index (κ2) is 11.7. The first-order valence-corrected chi connectivity index (χ1v) is 13.8. The highest BCUT2D eigenvalue weighted by Gasteiger charge is 2.23. The third kappa shape index (κ3) is 5.39. The fraction of sp³-hybridized carbons (Fsp3) is 0.259. The lowest BCUT2D eigenvalue weighted by Gasteiger charge is -2.13. The van der Waals surface area contributed by atoms with Crippen LogP contribution in [0.3, 0.4) is 0 Å². The van der Waals surface area contributed by atoms with Crippen molar-refractivity contribution < 1.29 is 19.1 Å². The van der Waals surface area contributed by atoms with Gasteiger partial charge in [0.25, 0.3) is 11.5 Å². The number of hydrogen-bond acceptors (Lipinski definition) is 8. The molecule has 0 radical (unpaired) electrons. The van der Waals surface area contributed by atoms with Gasteiger partial charge in [-0.3, -0.25) is 19.0 Å². The number of amides is 1. The molecule has 0 fully saturated rings. The third-order valence-corrected chi connectivity index (χ3v) is 8.06. The number of esters is 1. The average molecular weight is 554 g/mol. The van der Waals surface area contributed by atoms with E-state index in [0.717, 1.165) is 26.4 Å². The Balaban J connectivity index is 1.86. The number of thioether (sulfide) groups is 1. The second-order valence-corrected chi connectivity index (χ2v) is 10.1. The number of benzene rings is 2. The molecule has 1 amide bonds. The van der Waals surface area contributed by atoms with Gasteiger partial charge >= 0.3 is 11.7 Å². The molecule has 4 rings (SSSR count). The molecule has 0 aliphatic heterocycles. The number of nitrogens with zero attached hydrogens (tertiary/aromatic N) is 2. The highest BCUT2D eigenvalue weighted by molar-refractivity contribution is 7.98. The van der Waals surface area contributed by atoms with Gasteiger partial charge in [0.1, 0.15) is 22.1 Å². The van der Waals surface area contributed by atoms with Crippen LogP contribution in [0.2, 0.25) is 0 Å². The van der Waals surface area contributed by atoms with Gasteiger partial charge in [-0.05, 0) is 61.6 Å². The Labute approximate surface area is 227 Å². The monoisotopic (exact) mass is 553 g/mol. The van der Waals surface area contributed by atoms with E-state index in [-0.39, 0.29) is 24.4 Å². The van der Waals surface area contributed by atoms with E-state index in [0.29, 0.717) is 26.7 Å². The predicted octanol–water partition coefficient (Wildman–Crippen LogP) is 4.13. The van der Waals surface area contributed by atoms with Crippen LogP contribution >= 0.6 is 23.1 Å². The molecule has 11 heteroatoms. The van der Waals surface area contributed by atoms with Crippen molar-refractivity contribution in [1.82, 2.24) is 9.13 Å². The van der Waals surface area contributed by atoms with E-state index in [1.54, 1.807) is 57.0 Å². The number of anilines is 1. The quantitative estimate of drug-likeness (QED) is 0.245. The Hall–Kier alpha value is -3.83. The number of aryl methyl sites for hydroxylation is 1. The summed E-state index contributed by atoms with van der Waals surface area (Å²) in [6, 6.07) is 14.3. The maximum Gasteiger partial charge on any atom is 0.332 e. The molecule has 0 saturated heterocycles. The summed E-state index contributed by atoms with van der Waals surface area (Å²) in [5, 5.41) is 3.59. The van der Waals surface area contributed by atoms with E-state index < -0.39 is 23.8 Å². The SMILES string of the molecule is CCOC(=O)Cn1c(=O)c2c(C)c(NC(=O)c3ccc(OC)cc3)sc2n(Cc2ccccc2SC)c1=O. The Kier molecular flexibility index (Phi) is 8.38. The Bertz CT molecular complexity index is 1620. The highest BCUT2D eigenvalue weighted by Crippen LogP contribution is 2.34. The van der Waals surface area contributed by atoms with Crippen LogP contribution in [0.25, 0.3) is 10.2 Å². The fourth-order valence-corrected chi connectivity index (χ4v) is 5.85. The van der Waals surface area contributed by atoms with Crippen molar-refractivity contribution in [2.24, 2.45) is 0 Å². The lowest BCUT2D eigenvalue weighted by molar-refractivity contribution is -0.143. The normalized spacial score (nSPS) is 10.9. The Morgan fingerprint density at radius 1 is 1.05 bits per heavy atom. The fourth-order valence-electron chi connectivity index (χ4n) is 4.05. The van der Waals surface area contributed by atoms with Crippen LogP contribution in [-0.4, -0.2) is 41.0 Å². The third-order valence-electron chi connectivity index (χ3n) is 5.99. The van der Waals surface area contributed by atoms with Gasteiger partial charge in [-0.1, -0.05) is 29.5 Å². The zero-order chi connectivity index (χ0) is 27.4. The van der Waals surface area contributed by atoms with Gasteiger partial charge in [0.2, 0.25) is 0 Å². The van der Waals surface area contributed by atoms with Crippen molar-refractivity contribution >= 4 is 50.2 Å². The second-order valence-electron chi connectivity index (χ2n) is 8.30. The molecule has 38 heavy (non-hydrogen) atoms. The van der Waals surface area contributed by atoms with E-state index in [9.17, 15) is 19.2 Å². The largest absolute Gasteiger partial charge is 0.497 e. The Morgan fingerprint density at radius 3 is 2.42 bits per heavy atom. The molecule has 0 unspecified atom stereocenters. The summed E-state index contributed by atoms with van der Waals surface area (Å²) in [5.41, 5.74) is 0.585. The number of hydrogen-bond donors (Lipinski definition) is 1. The standard InChI is InChI=1S/C27H27N3O6S2/c1-5-36-21(31)15-29-25(33)22-16(2)24(28-23(32)17-10-12-19(35-3)13-11-17)38-26(22)30(27(29)34)14-18-8-6-7-9-20(18)37-4/h6-13H,5,14-15H2,1-4H3,(H,28,32). The van der Waals surface area contributed by atoms with E-state index >= 15 is 0 Å². The van der Waals surface area contributed by atoms with Crippen molar-refractivity contribution in [2.45, 2.75) is 31.8 Å². The van der Waals surface area contributed by atoms with Crippen LogP contribution in [0.4, 0.5) is 5.00 Å². The van der Waals surface area contributed by atoms with Crippen LogP contribution in [0.1, 0.15) is 28.4 Å². The van der Waals surface area contributed by atoms with E-state index in [1.165, 1.54) is 4.57 Å². The molecule has 0 atom stereocenters. The topological polar surface area (TPSA) is 109 Å². The molecule has 2 aromatic heterocycles. The summed E-state index contributed by atoms with van der Waals surface area (Å²) in [6.07, 6.45) is 1.95. The molecule has 0 saturated carbocycles. The minimum absolute atomic E-state index is 0.129. The maximum absolute atomic E-state index is 13.6. The van der Waals surface area contributed by atoms with Crippen molar-refractivity contribution in [3.8, 4) is 5.75 Å². The molecule has 9 nitrogen and oxygen atoms in total. The highest BCUT2D eigenvalue weighted by atomic mass is 32.2. The summed E-state index contributed by atoms with van der Waals surface area (Å²) in [7, 11) is 1.54. The summed E-state index contributed by atoms with van der Waals surface area (Å²) >= 11 is 2.70. The van der Waals surface area contributed by atoms with Crippen LogP contribution in [0.5, 0.6) is 5.75 Å². The predicted molar refractivity (Wildman–Crippen MR) is 150 cm³/mol. The Morgan fingerprint density at radius 2 is 1.76 bits per heavy atom. The zero-order valence-corrected chi connectivity index (χ0v) is 23.0. The van der Waals surface area contributed by atoms with E-state index in [4.69, 9.17) is 9.47 Å². The molecule has 1 N–H and O–H groups in total. The van der Waals surface area contributed by atoms with Crippen LogP contribution in [0.15, 0.2) is 63.0 Å².